The number of aryl methyl sites for hydroxylation is 1. The molecule has 1 atom stereocenters. The fourth-order valence-electron chi connectivity index (χ4n) is 3.09. The van der Waals surface area contributed by atoms with Crippen molar-refractivity contribution < 1.29 is 4.79 Å². The van der Waals surface area contributed by atoms with Crippen LogP contribution < -0.4 is 10.9 Å². The van der Waals surface area contributed by atoms with E-state index in [1.165, 1.54) is 16.8 Å². The first-order valence-electron chi connectivity index (χ1n) is 9.09. The number of benzene rings is 1. The Hall–Kier alpha value is -3.39. The van der Waals surface area contributed by atoms with Gasteiger partial charge in [0.2, 0.25) is 0 Å². The van der Waals surface area contributed by atoms with Crippen LogP contribution in [-0.4, -0.2) is 30.3 Å². The number of aromatic nitrogens is 5. The fourth-order valence-corrected chi connectivity index (χ4v) is 3.22. The zero-order chi connectivity index (χ0) is 20.5. The summed E-state index contributed by atoms with van der Waals surface area (Å²) in [4.78, 5) is 29.9. The molecule has 29 heavy (non-hydrogen) atoms. The fraction of sp³-hybridized carbons (Fsp3) is 0.200. The predicted octanol–water partition coefficient (Wildman–Crippen LogP) is 3.24. The number of hydrogen-bond acceptors (Lipinski definition) is 4. The van der Waals surface area contributed by atoms with Gasteiger partial charge in [-0.25, -0.2) is 9.50 Å². The van der Waals surface area contributed by atoms with Crippen LogP contribution in [0.1, 0.15) is 34.6 Å². The van der Waals surface area contributed by atoms with E-state index in [0.717, 1.165) is 5.69 Å². The molecular weight excluding hydrogens is 392 g/mol. The quantitative estimate of drug-likeness (QED) is 0.527. The number of hydrogen-bond donors (Lipinski definition) is 2. The summed E-state index contributed by atoms with van der Waals surface area (Å²) in [5.74, 6) is -0.431. The topological polar surface area (TPSA) is 97.1 Å². The summed E-state index contributed by atoms with van der Waals surface area (Å²) in [6.45, 7) is 4.52. The van der Waals surface area contributed by atoms with Crippen molar-refractivity contribution in [3.8, 4) is 0 Å². The van der Waals surface area contributed by atoms with Gasteiger partial charge in [0.15, 0.2) is 5.65 Å². The molecule has 2 N–H and O–H groups in total. The van der Waals surface area contributed by atoms with Gasteiger partial charge in [0.25, 0.3) is 11.5 Å². The van der Waals surface area contributed by atoms with E-state index < -0.39 is 0 Å². The van der Waals surface area contributed by atoms with E-state index in [9.17, 15) is 9.59 Å². The van der Waals surface area contributed by atoms with Crippen LogP contribution in [0.15, 0.2) is 53.6 Å². The summed E-state index contributed by atoms with van der Waals surface area (Å²) in [5, 5.41) is 10.4. The Morgan fingerprint density at radius 2 is 2.03 bits per heavy atom. The predicted molar refractivity (Wildman–Crippen MR) is 111 cm³/mol. The first-order valence-corrected chi connectivity index (χ1v) is 9.46. The Morgan fingerprint density at radius 3 is 2.72 bits per heavy atom. The van der Waals surface area contributed by atoms with Gasteiger partial charge < -0.3 is 5.32 Å². The summed E-state index contributed by atoms with van der Waals surface area (Å²) in [6, 6.07) is 10.2. The number of carbonyl (C=O) groups excluding carboxylic acids is 1. The van der Waals surface area contributed by atoms with Gasteiger partial charge in [-0.2, -0.15) is 5.10 Å². The van der Waals surface area contributed by atoms with Crippen LogP contribution in [0, 0.1) is 6.92 Å². The van der Waals surface area contributed by atoms with Gasteiger partial charge >= 0.3 is 0 Å². The second-order valence-corrected chi connectivity index (χ2v) is 7.32. The third-order valence-electron chi connectivity index (χ3n) is 4.74. The summed E-state index contributed by atoms with van der Waals surface area (Å²) in [5.41, 5.74) is 2.51. The molecule has 0 unspecified atom stereocenters. The van der Waals surface area contributed by atoms with Gasteiger partial charge in [0.1, 0.15) is 5.56 Å². The number of carbonyl (C=O) groups is 1. The maximum absolute atomic E-state index is 12.7. The molecule has 0 saturated carbocycles. The first-order chi connectivity index (χ1) is 13.9. The lowest BCUT2D eigenvalue weighted by Crippen LogP contribution is -2.20. The molecule has 3 aromatic heterocycles. The summed E-state index contributed by atoms with van der Waals surface area (Å²) in [6.07, 6.45) is 3.21. The maximum atomic E-state index is 12.7. The maximum Gasteiger partial charge on any atom is 0.272 e. The van der Waals surface area contributed by atoms with Crippen molar-refractivity contribution in [2.45, 2.75) is 26.3 Å². The molecule has 0 spiro atoms. The average Bonchev–Trinajstić information content (AvgIpc) is 3.30. The summed E-state index contributed by atoms with van der Waals surface area (Å²) in [7, 11) is 0. The number of H-pyrrole nitrogens is 1. The number of nitrogens with one attached hydrogen (secondary N) is 2. The highest BCUT2D eigenvalue weighted by Crippen LogP contribution is 2.18. The highest BCUT2D eigenvalue weighted by Gasteiger charge is 2.18. The van der Waals surface area contributed by atoms with Crippen molar-refractivity contribution in [2.24, 2.45) is 0 Å². The highest BCUT2D eigenvalue weighted by atomic mass is 35.5. The molecule has 0 saturated heterocycles. The Kier molecular flexibility index (Phi) is 4.94. The van der Waals surface area contributed by atoms with Crippen molar-refractivity contribution in [1.29, 1.82) is 0 Å². The van der Waals surface area contributed by atoms with Crippen molar-refractivity contribution in [3.63, 3.8) is 0 Å². The second-order valence-electron chi connectivity index (χ2n) is 6.88. The minimum Gasteiger partial charge on any atom is -0.322 e. The highest BCUT2D eigenvalue weighted by molar-refractivity contribution is 6.30. The lowest BCUT2D eigenvalue weighted by atomic mass is 10.1. The minimum atomic E-state index is -0.370. The molecule has 8 nitrogen and oxygen atoms in total. The lowest BCUT2D eigenvalue weighted by Gasteiger charge is -2.12. The summed E-state index contributed by atoms with van der Waals surface area (Å²) >= 11 is 5.88. The third kappa shape index (κ3) is 3.79. The largest absolute Gasteiger partial charge is 0.322 e. The van der Waals surface area contributed by atoms with Crippen LogP contribution in [0.5, 0.6) is 0 Å². The molecule has 148 valence electrons. The van der Waals surface area contributed by atoms with E-state index in [1.54, 1.807) is 30.5 Å². The standard InChI is InChI=1S/C20H19ClN6O2/c1-12(11-26-13(2)7-8-22-26)17-9-18(28)27-19(25-17)16(10-23-27)20(29)24-15-5-3-14(21)4-6-15/h3-10,12,23H,11H2,1-2H3,(H,24,29)/t12-/m0/s1. The van der Waals surface area contributed by atoms with Crippen LogP contribution >= 0.6 is 11.6 Å². The Morgan fingerprint density at radius 1 is 1.28 bits per heavy atom. The van der Waals surface area contributed by atoms with Gasteiger partial charge in [-0.15, -0.1) is 0 Å². The minimum absolute atomic E-state index is 0.0617. The molecule has 1 amide bonds. The number of nitrogens with zero attached hydrogens (tertiary/aromatic N) is 4. The molecule has 4 aromatic rings. The normalized spacial score (nSPS) is 12.2. The molecule has 3 heterocycles. The number of rotatable bonds is 5. The second kappa shape index (κ2) is 7.56. The van der Waals surface area contributed by atoms with Crippen LogP contribution in [-0.2, 0) is 6.54 Å². The van der Waals surface area contributed by atoms with Gasteiger partial charge in [-0.3, -0.25) is 19.4 Å². The smallest absolute Gasteiger partial charge is 0.272 e. The number of aromatic amines is 1. The molecule has 4 rings (SSSR count). The Bertz CT molecular complexity index is 1240. The molecule has 0 bridgehead atoms. The monoisotopic (exact) mass is 410 g/mol. The SMILES string of the molecule is Cc1ccnn1C[C@H](C)c1cc(=O)n2[nH]cc(C(=O)Nc3ccc(Cl)cc3)c2n1. The van der Waals surface area contributed by atoms with Gasteiger partial charge in [-0.05, 0) is 37.3 Å². The van der Waals surface area contributed by atoms with E-state index in [1.807, 2.05) is 24.6 Å². The Labute approximate surface area is 171 Å². The van der Waals surface area contributed by atoms with E-state index in [-0.39, 0.29) is 28.6 Å². The van der Waals surface area contributed by atoms with Crippen LogP contribution in [0.3, 0.4) is 0 Å². The van der Waals surface area contributed by atoms with Gasteiger partial charge in [0.05, 0.1) is 5.69 Å². The van der Waals surface area contributed by atoms with Crippen molar-refractivity contribution in [2.75, 3.05) is 5.32 Å². The lowest BCUT2D eigenvalue weighted by molar-refractivity contribution is 0.102. The zero-order valence-corrected chi connectivity index (χ0v) is 16.6. The molecular formula is C20H19ClN6O2. The van der Waals surface area contributed by atoms with E-state index in [2.05, 4.69) is 20.5 Å². The number of amides is 1. The number of fused-ring (bicyclic) bond motifs is 1. The molecule has 0 aliphatic carbocycles. The van der Waals surface area contributed by atoms with E-state index in [4.69, 9.17) is 11.6 Å². The molecule has 0 radical (unpaired) electrons. The summed E-state index contributed by atoms with van der Waals surface area (Å²) < 4.78 is 3.12. The van der Waals surface area contributed by atoms with Crippen molar-refractivity contribution in [3.05, 3.63) is 81.1 Å². The van der Waals surface area contributed by atoms with Crippen molar-refractivity contribution in [1.82, 2.24) is 24.4 Å². The zero-order valence-electron chi connectivity index (χ0n) is 15.9. The number of halogens is 1. The Balaban J connectivity index is 1.65. The third-order valence-corrected chi connectivity index (χ3v) is 5.00. The first kappa shape index (κ1) is 18.9. The van der Waals surface area contributed by atoms with E-state index >= 15 is 0 Å². The van der Waals surface area contributed by atoms with Crippen LogP contribution in [0.2, 0.25) is 5.02 Å². The molecule has 0 aliphatic rings. The van der Waals surface area contributed by atoms with Gasteiger partial charge in [-0.1, -0.05) is 18.5 Å². The van der Waals surface area contributed by atoms with Gasteiger partial charge in [0, 0.05) is 47.3 Å². The average molecular weight is 411 g/mol. The number of anilines is 1. The van der Waals surface area contributed by atoms with Crippen LogP contribution in [0.25, 0.3) is 5.65 Å². The molecule has 0 aliphatic heterocycles. The van der Waals surface area contributed by atoms with Crippen molar-refractivity contribution >= 4 is 28.8 Å². The van der Waals surface area contributed by atoms with E-state index in [0.29, 0.717) is 22.9 Å². The molecule has 1 aromatic carbocycles. The molecule has 0 fully saturated rings. The molecule has 9 heteroatoms. The van der Waals surface area contributed by atoms with Crippen LogP contribution in [0.4, 0.5) is 5.69 Å².